The third kappa shape index (κ3) is 5.21. The largest absolute Gasteiger partial charge is 0.322 e. The number of thioether (sulfide) groups is 1. The molecular formula is C24H21NO2S. The summed E-state index contributed by atoms with van der Waals surface area (Å²) in [4.78, 5) is 25.8. The first-order valence-electron chi connectivity index (χ1n) is 8.90. The van der Waals surface area contributed by atoms with Gasteiger partial charge in [0, 0.05) is 21.7 Å². The number of rotatable bonds is 6. The van der Waals surface area contributed by atoms with Crippen LogP contribution in [0.5, 0.6) is 0 Å². The van der Waals surface area contributed by atoms with Gasteiger partial charge in [0.15, 0.2) is 5.78 Å². The van der Waals surface area contributed by atoms with Gasteiger partial charge >= 0.3 is 0 Å². The highest BCUT2D eigenvalue weighted by atomic mass is 32.2. The molecule has 3 aromatic rings. The monoisotopic (exact) mass is 387 g/mol. The second-order valence-electron chi connectivity index (χ2n) is 6.37. The molecule has 4 heteroatoms. The summed E-state index contributed by atoms with van der Waals surface area (Å²) in [5, 5.41) is 2.85. The van der Waals surface area contributed by atoms with Crippen molar-refractivity contribution in [3.63, 3.8) is 0 Å². The Bertz CT molecular complexity index is 1010. The van der Waals surface area contributed by atoms with Gasteiger partial charge in [-0.25, -0.2) is 0 Å². The quantitative estimate of drug-likeness (QED) is 0.327. The van der Waals surface area contributed by atoms with Crippen LogP contribution in [0.4, 0.5) is 5.69 Å². The number of benzene rings is 3. The molecule has 1 N–H and O–H groups in total. The third-order valence-electron chi connectivity index (χ3n) is 4.25. The molecule has 0 atom stereocenters. The summed E-state index contributed by atoms with van der Waals surface area (Å²) in [7, 11) is 0. The molecule has 140 valence electrons. The van der Waals surface area contributed by atoms with Crippen LogP contribution in [0.2, 0.25) is 0 Å². The molecule has 3 nitrogen and oxygen atoms in total. The van der Waals surface area contributed by atoms with E-state index in [0.29, 0.717) is 16.8 Å². The van der Waals surface area contributed by atoms with Gasteiger partial charge in [-0.2, -0.15) is 0 Å². The molecule has 3 rings (SSSR count). The summed E-state index contributed by atoms with van der Waals surface area (Å²) < 4.78 is 0. The van der Waals surface area contributed by atoms with Gasteiger partial charge in [0.2, 0.25) is 0 Å². The Morgan fingerprint density at radius 2 is 1.61 bits per heavy atom. The van der Waals surface area contributed by atoms with E-state index in [1.807, 2.05) is 55.6 Å². The number of aryl methyl sites for hydroxylation is 1. The van der Waals surface area contributed by atoms with Gasteiger partial charge in [-0.3, -0.25) is 9.59 Å². The summed E-state index contributed by atoms with van der Waals surface area (Å²) in [6.45, 7) is 1.95. The van der Waals surface area contributed by atoms with Gasteiger partial charge in [-0.05, 0) is 73.3 Å². The van der Waals surface area contributed by atoms with Crippen molar-refractivity contribution in [3.05, 3.63) is 101 Å². The first kappa shape index (κ1) is 19.6. The molecule has 0 saturated carbocycles. The molecule has 0 aromatic heterocycles. The number of hydrogen-bond donors (Lipinski definition) is 1. The molecule has 0 heterocycles. The van der Waals surface area contributed by atoms with E-state index in [0.717, 1.165) is 11.1 Å². The zero-order chi connectivity index (χ0) is 19.9. The first-order valence-corrected chi connectivity index (χ1v) is 10.1. The van der Waals surface area contributed by atoms with Crippen molar-refractivity contribution in [2.75, 3.05) is 11.6 Å². The van der Waals surface area contributed by atoms with E-state index < -0.39 is 0 Å². The predicted octanol–water partition coefficient (Wildman–Crippen LogP) is 5.87. The van der Waals surface area contributed by atoms with Gasteiger partial charge in [-0.1, -0.05) is 35.9 Å². The smallest absolute Gasteiger partial charge is 0.255 e. The standard InChI is InChI=1S/C24H21NO2S/c1-17-4-3-5-20(16-17)24(27)25-21-11-9-19(10-12-21)23(26)15-8-18-6-13-22(28-2)14-7-18/h3-16H,1-2H3,(H,25,27). The molecule has 0 saturated heterocycles. The lowest BCUT2D eigenvalue weighted by Gasteiger charge is -2.06. The SMILES string of the molecule is CSc1ccc(C=CC(=O)c2ccc(NC(=O)c3cccc(C)c3)cc2)cc1. The maximum Gasteiger partial charge on any atom is 0.255 e. The fourth-order valence-corrected chi connectivity index (χ4v) is 3.10. The Morgan fingerprint density at radius 3 is 2.25 bits per heavy atom. The van der Waals surface area contributed by atoms with Crippen LogP contribution in [0.1, 0.15) is 31.8 Å². The van der Waals surface area contributed by atoms with Crippen molar-refractivity contribution in [2.24, 2.45) is 0 Å². The van der Waals surface area contributed by atoms with Crippen LogP contribution in [0.15, 0.2) is 83.8 Å². The van der Waals surface area contributed by atoms with Crippen molar-refractivity contribution >= 4 is 35.2 Å². The molecule has 0 spiro atoms. The van der Waals surface area contributed by atoms with E-state index >= 15 is 0 Å². The lowest BCUT2D eigenvalue weighted by atomic mass is 10.1. The molecule has 0 radical (unpaired) electrons. The molecule has 0 aliphatic heterocycles. The summed E-state index contributed by atoms with van der Waals surface area (Å²) in [6, 6.07) is 22.4. The zero-order valence-electron chi connectivity index (χ0n) is 15.8. The van der Waals surface area contributed by atoms with Crippen molar-refractivity contribution in [1.82, 2.24) is 0 Å². The molecule has 1 amide bonds. The normalized spacial score (nSPS) is 10.8. The molecule has 0 fully saturated rings. The molecule has 0 aliphatic rings. The van der Waals surface area contributed by atoms with E-state index in [4.69, 9.17) is 0 Å². The minimum Gasteiger partial charge on any atom is -0.322 e. The van der Waals surface area contributed by atoms with Gasteiger partial charge < -0.3 is 5.32 Å². The number of anilines is 1. The molecule has 0 unspecified atom stereocenters. The van der Waals surface area contributed by atoms with E-state index in [9.17, 15) is 9.59 Å². The minimum absolute atomic E-state index is 0.0782. The maximum absolute atomic E-state index is 12.4. The van der Waals surface area contributed by atoms with Gasteiger partial charge in [0.25, 0.3) is 5.91 Å². The van der Waals surface area contributed by atoms with E-state index in [1.165, 1.54) is 4.90 Å². The predicted molar refractivity (Wildman–Crippen MR) is 117 cm³/mol. The third-order valence-corrected chi connectivity index (χ3v) is 4.99. The van der Waals surface area contributed by atoms with Crippen LogP contribution in [-0.2, 0) is 0 Å². The molecule has 3 aromatic carbocycles. The van der Waals surface area contributed by atoms with E-state index in [2.05, 4.69) is 5.32 Å². The van der Waals surface area contributed by atoms with Gasteiger partial charge in [-0.15, -0.1) is 11.8 Å². The van der Waals surface area contributed by atoms with Crippen LogP contribution in [0.25, 0.3) is 6.08 Å². The Hall–Kier alpha value is -3.11. The van der Waals surface area contributed by atoms with E-state index in [-0.39, 0.29) is 11.7 Å². The highest BCUT2D eigenvalue weighted by molar-refractivity contribution is 7.98. The Balaban J connectivity index is 1.63. The number of carbonyl (C=O) groups excluding carboxylic acids is 2. The average Bonchev–Trinajstić information content (AvgIpc) is 2.73. The van der Waals surface area contributed by atoms with Crippen molar-refractivity contribution < 1.29 is 9.59 Å². The lowest BCUT2D eigenvalue weighted by Crippen LogP contribution is -2.12. The molecule has 0 bridgehead atoms. The zero-order valence-corrected chi connectivity index (χ0v) is 16.6. The summed E-state index contributed by atoms with van der Waals surface area (Å²) in [5.41, 5.74) is 3.84. The van der Waals surface area contributed by atoms with Crippen LogP contribution < -0.4 is 5.32 Å². The molecule has 0 aliphatic carbocycles. The fraction of sp³-hybridized carbons (Fsp3) is 0.0833. The Morgan fingerprint density at radius 1 is 0.893 bits per heavy atom. The maximum atomic E-state index is 12.4. The summed E-state index contributed by atoms with van der Waals surface area (Å²) in [6.07, 6.45) is 5.40. The number of allylic oxidation sites excluding steroid dienone is 1. The van der Waals surface area contributed by atoms with Crippen molar-refractivity contribution in [1.29, 1.82) is 0 Å². The Labute approximate surface area is 169 Å². The minimum atomic E-state index is -0.170. The van der Waals surface area contributed by atoms with E-state index in [1.54, 1.807) is 54.2 Å². The number of nitrogens with one attached hydrogen (secondary N) is 1. The highest BCUT2D eigenvalue weighted by Crippen LogP contribution is 2.16. The van der Waals surface area contributed by atoms with Crippen LogP contribution >= 0.6 is 11.8 Å². The summed E-state index contributed by atoms with van der Waals surface area (Å²) in [5.74, 6) is -0.248. The second-order valence-corrected chi connectivity index (χ2v) is 7.25. The van der Waals surface area contributed by atoms with Crippen molar-refractivity contribution in [3.8, 4) is 0 Å². The number of carbonyl (C=O) groups is 2. The Kier molecular flexibility index (Phi) is 6.45. The molecule has 28 heavy (non-hydrogen) atoms. The lowest BCUT2D eigenvalue weighted by molar-refractivity contribution is 0.102. The van der Waals surface area contributed by atoms with Crippen LogP contribution in [0, 0.1) is 6.92 Å². The van der Waals surface area contributed by atoms with Crippen LogP contribution in [0.3, 0.4) is 0 Å². The average molecular weight is 388 g/mol. The summed E-state index contributed by atoms with van der Waals surface area (Å²) >= 11 is 1.68. The second kappa shape index (κ2) is 9.20. The number of amides is 1. The van der Waals surface area contributed by atoms with Crippen molar-refractivity contribution in [2.45, 2.75) is 11.8 Å². The fourth-order valence-electron chi connectivity index (χ4n) is 2.69. The molecular weight excluding hydrogens is 366 g/mol. The number of hydrogen-bond acceptors (Lipinski definition) is 3. The first-order chi connectivity index (χ1) is 13.5. The highest BCUT2D eigenvalue weighted by Gasteiger charge is 2.07. The van der Waals surface area contributed by atoms with Crippen LogP contribution in [-0.4, -0.2) is 17.9 Å². The number of ketones is 1. The van der Waals surface area contributed by atoms with Gasteiger partial charge in [0.1, 0.15) is 0 Å². The topological polar surface area (TPSA) is 46.2 Å². The van der Waals surface area contributed by atoms with Gasteiger partial charge in [0.05, 0.1) is 0 Å².